The number of anilines is 2. The molecule has 6 atom stereocenters. The van der Waals surface area contributed by atoms with Crippen LogP contribution in [0.1, 0.15) is 60.8 Å². The highest BCUT2D eigenvalue weighted by Crippen LogP contribution is 2.44. The maximum Gasteiger partial charge on any atom is 0.417 e. The van der Waals surface area contributed by atoms with Gasteiger partial charge in [0.25, 0.3) is 0 Å². The number of halogens is 12. The Morgan fingerprint density at radius 3 is 1.21 bits per heavy atom. The zero-order chi connectivity index (χ0) is 45.5. The van der Waals surface area contributed by atoms with Crippen LogP contribution in [-0.2, 0) is 24.7 Å². The van der Waals surface area contributed by atoms with E-state index in [0.717, 1.165) is 87.3 Å². The molecule has 4 aliphatic rings. The van der Waals surface area contributed by atoms with Gasteiger partial charge in [-0.15, -0.1) is 0 Å². The molecule has 0 spiro atoms. The van der Waals surface area contributed by atoms with Gasteiger partial charge >= 0.3 is 24.7 Å². The van der Waals surface area contributed by atoms with Gasteiger partial charge in [0.05, 0.1) is 29.4 Å². The second-order valence-corrected chi connectivity index (χ2v) is 16.2. The van der Waals surface area contributed by atoms with Crippen LogP contribution in [0.4, 0.5) is 64.3 Å². The number of nitrogens with zero attached hydrogens (tertiary/aromatic N) is 4. The zero-order valence-corrected chi connectivity index (χ0v) is 33.5. The largest absolute Gasteiger partial charge is 0.504 e. The van der Waals surface area contributed by atoms with E-state index in [1.165, 1.54) is 25.3 Å². The summed E-state index contributed by atoms with van der Waals surface area (Å²) in [4.78, 5) is 11.8. The van der Waals surface area contributed by atoms with Crippen molar-refractivity contribution in [3.8, 4) is 23.0 Å². The number of benzene rings is 2. The van der Waals surface area contributed by atoms with E-state index >= 15 is 0 Å². The first-order valence-electron chi connectivity index (χ1n) is 20.1. The minimum absolute atomic E-state index is 0.00370. The normalized spacial score (nSPS) is 24.0. The van der Waals surface area contributed by atoms with Crippen molar-refractivity contribution in [3.63, 3.8) is 0 Å². The molecular weight excluding hydrogens is 864 g/mol. The van der Waals surface area contributed by atoms with Crippen LogP contribution in [0, 0.1) is 23.7 Å². The zero-order valence-electron chi connectivity index (χ0n) is 33.5. The number of hydrogen-bond acceptors (Lipinski definition) is 8. The molecule has 2 saturated carbocycles. The summed E-state index contributed by atoms with van der Waals surface area (Å²) in [7, 11) is 1.29. The highest BCUT2D eigenvalue weighted by atomic mass is 19.4. The SMILES string of the molecule is COc1cc(C(F)(F)F)ccc1OC1[C@@H]2CCC[C@H]1CN(c1ccc(C(F)(F)F)cn1)C2.Oc1cc(C(F)(F)F)ccc1OC1[C@@H]2CCC[C@H]1CN(c1ccc(C(F)(F)F)cn1)C2. The van der Waals surface area contributed by atoms with Crippen molar-refractivity contribution in [1.29, 1.82) is 0 Å². The number of ether oxygens (including phenoxy) is 3. The number of piperidine rings is 2. The summed E-state index contributed by atoms with van der Waals surface area (Å²) < 4.78 is 172. The molecule has 4 heterocycles. The van der Waals surface area contributed by atoms with E-state index in [0.29, 0.717) is 43.9 Å². The Kier molecular flexibility index (Phi) is 12.8. The monoisotopic (exact) mass is 906 g/mol. The Hall–Kier alpha value is -5.30. The number of fused-ring (bicyclic) bond motifs is 4. The first-order chi connectivity index (χ1) is 29.6. The van der Waals surface area contributed by atoms with Gasteiger partial charge < -0.3 is 29.1 Å². The average Bonchev–Trinajstić information content (AvgIpc) is 3.20. The molecule has 0 radical (unpaired) electrons. The molecule has 0 amide bonds. The van der Waals surface area contributed by atoms with Crippen molar-refractivity contribution >= 4 is 11.6 Å². The first-order valence-corrected chi connectivity index (χ1v) is 20.1. The number of phenols is 1. The molecule has 8 nitrogen and oxygen atoms in total. The number of hydrogen-bond donors (Lipinski definition) is 1. The number of phenolic OH excluding ortho intramolecular Hbond substituents is 1. The summed E-state index contributed by atoms with van der Waals surface area (Å²) in [6.07, 6.45) is -11.6. The van der Waals surface area contributed by atoms with Crippen molar-refractivity contribution in [2.75, 3.05) is 43.1 Å². The third kappa shape index (κ3) is 10.6. The highest BCUT2D eigenvalue weighted by Gasteiger charge is 2.44. The number of aromatic nitrogens is 2. The third-order valence-electron chi connectivity index (χ3n) is 12.1. The number of rotatable bonds is 7. The standard InChI is InChI=1S/C22H22F6N2O2.C21H20F6N2O2/c1-31-18-9-15(21(23,24)25)5-7-17(18)32-20-13-3-2-4-14(20)12-30(11-13)19-8-6-16(10-29-19)22(26,27)28;22-20(23,24)14-4-6-17(16(30)8-14)31-19-12-2-1-3-13(19)11-29(10-12)18-7-5-15(9-28-18)21(25,26)27/h5-10,13-14,20H,2-4,11-12H2,1H3;4-9,12-13,19,30H,1-3,10-11H2/t13-,14+,20?;12-,13+,19?. The highest BCUT2D eigenvalue weighted by molar-refractivity contribution is 5.46. The smallest absolute Gasteiger partial charge is 0.417 e. The molecule has 4 bridgehead atoms. The quantitative estimate of drug-likeness (QED) is 0.184. The molecule has 2 saturated heterocycles. The van der Waals surface area contributed by atoms with Crippen LogP contribution in [-0.4, -0.2) is 60.6 Å². The van der Waals surface area contributed by atoms with Gasteiger partial charge in [-0.25, -0.2) is 9.97 Å². The molecule has 2 aliphatic heterocycles. The molecular formula is C43H42F12N4O4. The molecule has 4 aromatic rings. The Labute approximate surface area is 353 Å². The van der Waals surface area contributed by atoms with Crippen molar-refractivity contribution in [3.05, 3.63) is 95.3 Å². The summed E-state index contributed by atoms with van der Waals surface area (Å²) in [5.74, 6) is 0.777. The van der Waals surface area contributed by atoms with Crippen LogP contribution in [0.2, 0.25) is 0 Å². The van der Waals surface area contributed by atoms with Crippen molar-refractivity contribution < 1.29 is 72.0 Å². The predicted molar refractivity (Wildman–Crippen MR) is 205 cm³/mol. The Balaban J connectivity index is 0.000000189. The fraction of sp³-hybridized carbons (Fsp3) is 0.488. The number of pyridine rings is 2. The minimum Gasteiger partial charge on any atom is -0.504 e. The molecule has 2 aliphatic carbocycles. The summed E-state index contributed by atoms with van der Waals surface area (Å²) in [6, 6.07) is 10.5. The van der Waals surface area contributed by atoms with Crippen LogP contribution < -0.4 is 24.0 Å². The maximum absolute atomic E-state index is 13.0. The lowest BCUT2D eigenvalue weighted by atomic mass is 9.75. The Morgan fingerprint density at radius 1 is 0.492 bits per heavy atom. The van der Waals surface area contributed by atoms with Gasteiger partial charge in [-0.05, 0) is 86.3 Å². The van der Waals surface area contributed by atoms with E-state index in [1.807, 2.05) is 9.80 Å². The Bertz CT molecular complexity index is 2150. The molecule has 20 heteroatoms. The summed E-state index contributed by atoms with van der Waals surface area (Å²) >= 11 is 0. The van der Waals surface area contributed by atoms with E-state index < -0.39 is 52.7 Å². The van der Waals surface area contributed by atoms with E-state index in [2.05, 4.69) is 9.97 Å². The third-order valence-corrected chi connectivity index (χ3v) is 12.1. The van der Waals surface area contributed by atoms with E-state index in [-0.39, 0.29) is 53.1 Å². The molecule has 2 aromatic carbocycles. The van der Waals surface area contributed by atoms with E-state index in [4.69, 9.17) is 14.2 Å². The number of methoxy groups -OCH3 is 1. The summed E-state index contributed by atoms with van der Waals surface area (Å²) in [6.45, 7) is 2.09. The van der Waals surface area contributed by atoms with Gasteiger partial charge in [0.15, 0.2) is 23.0 Å². The number of aromatic hydroxyl groups is 1. The van der Waals surface area contributed by atoms with Gasteiger partial charge in [-0.1, -0.05) is 12.8 Å². The van der Waals surface area contributed by atoms with Crippen LogP contribution in [0.25, 0.3) is 0 Å². The van der Waals surface area contributed by atoms with Crippen molar-refractivity contribution in [1.82, 2.24) is 9.97 Å². The maximum atomic E-state index is 13.0. The van der Waals surface area contributed by atoms with Crippen LogP contribution in [0.5, 0.6) is 23.0 Å². The van der Waals surface area contributed by atoms with Gasteiger partial charge in [0.1, 0.15) is 23.8 Å². The van der Waals surface area contributed by atoms with Crippen LogP contribution in [0.3, 0.4) is 0 Å². The Morgan fingerprint density at radius 2 is 0.857 bits per heavy atom. The lowest BCUT2D eigenvalue weighted by Crippen LogP contribution is -2.54. The molecule has 4 fully saturated rings. The molecule has 2 unspecified atom stereocenters. The van der Waals surface area contributed by atoms with Crippen LogP contribution >= 0.6 is 0 Å². The molecule has 8 rings (SSSR count). The van der Waals surface area contributed by atoms with Crippen molar-refractivity contribution in [2.24, 2.45) is 23.7 Å². The van der Waals surface area contributed by atoms with Gasteiger partial charge in [-0.2, -0.15) is 52.7 Å². The van der Waals surface area contributed by atoms with Gasteiger partial charge in [0.2, 0.25) is 0 Å². The minimum atomic E-state index is -4.56. The fourth-order valence-electron chi connectivity index (χ4n) is 9.04. The molecule has 342 valence electrons. The van der Waals surface area contributed by atoms with E-state index in [1.54, 1.807) is 0 Å². The lowest BCUT2D eigenvalue weighted by molar-refractivity contribution is -0.138. The summed E-state index contributed by atoms with van der Waals surface area (Å²) in [5, 5.41) is 10.0. The first kappa shape index (κ1) is 45.7. The molecule has 63 heavy (non-hydrogen) atoms. The van der Waals surface area contributed by atoms with Crippen LogP contribution in [0.15, 0.2) is 73.1 Å². The average molecular weight is 907 g/mol. The second kappa shape index (κ2) is 17.7. The second-order valence-electron chi connectivity index (χ2n) is 16.2. The molecule has 2 aromatic heterocycles. The van der Waals surface area contributed by atoms with E-state index in [9.17, 15) is 57.8 Å². The van der Waals surface area contributed by atoms with Gasteiger partial charge in [0, 0.05) is 62.2 Å². The van der Waals surface area contributed by atoms with Crippen molar-refractivity contribution in [2.45, 2.75) is 75.4 Å². The topological polar surface area (TPSA) is 80.2 Å². The van der Waals surface area contributed by atoms with Gasteiger partial charge in [-0.3, -0.25) is 0 Å². The predicted octanol–water partition coefficient (Wildman–Crippen LogP) is 11.3. The lowest BCUT2D eigenvalue weighted by Gasteiger charge is -2.47. The fourth-order valence-corrected chi connectivity index (χ4v) is 9.04. The number of alkyl halides is 12. The summed E-state index contributed by atoms with van der Waals surface area (Å²) in [5.41, 5.74) is -3.38. The molecule has 1 N–H and O–H groups in total.